The van der Waals surface area contributed by atoms with Gasteiger partial charge in [0.25, 0.3) is 0 Å². The second-order valence-corrected chi connectivity index (χ2v) is 6.83. The van der Waals surface area contributed by atoms with Gasteiger partial charge in [-0.05, 0) is 12.3 Å². The normalized spacial score (nSPS) is 13.7. The van der Waals surface area contributed by atoms with Crippen LogP contribution in [0.4, 0.5) is 0 Å². The van der Waals surface area contributed by atoms with Crippen molar-refractivity contribution in [1.82, 2.24) is 14.8 Å². The first-order valence-corrected chi connectivity index (χ1v) is 7.82. The zero-order valence-electron chi connectivity index (χ0n) is 11.3. The van der Waals surface area contributed by atoms with Crippen molar-refractivity contribution in [3.05, 3.63) is 12.2 Å². The topological polar surface area (TPSA) is 102 Å². The Kier molecular flexibility index (Phi) is 5.04. The van der Waals surface area contributed by atoms with Crippen LogP contribution in [0.5, 0.6) is 0 Å². The molecule has 0 radical (unpaired) electrons. The van der Waals surface area contributed by atoms with E-state index < -0.39 is 32.7 Å². The second-order valence-electron chi connectivity index (χ2n) is 4.71. The number of sulfone groups is 1. The van der Waals surface area contributed by atoms with E-state index in [-0.39, 0.29) is 5.82 Å². The highest BCUT2D eigenvalue weighted by atomic mass is 32.2. The number of carboxylic acid groups (broad SMARTS) is 1. The molecule has 0 saturated heterocycles. The third-order valence-corrected chi connectivity index (χ3v) is 4.88. The molecule has 1 N–H and O–H groups in total. The average Bonchev–Trinajstić information content (AvgIpc) is 2.63. The van der Waals surface area contributed by atoms with Crippen LogP contribution in [-0.2, 0) is 26.9 Å². The van der Waals surface area contributed by atoms with Crippen LogP contribution in [-0.4, -0.2) is 39.5 Å². The van der Waals surface area contributed by atoms with E-state index in [9.17, 15) is 13.2 Å². The van der Waals surface area contributed by atoms with Gasteiger partial charge in [0.1, 0.15) is 17.9 Å². The largest absolute Gasteiger partial charge is 0.480 e. The lowest BCUT2D eigenvalue weighted by molar-refractivity contribution is -0.137. The van der Waals surface area contributed by atoms with Gasteiger partial charge in [-0.3, -0.25) is 4.79 Å². The number of aryl methyl sites for hydroxylation is 1. The minimum Gasteiger partial charge on any atom is -0.480 e. The summed E-state index contributed by atoms with van der Waals surface area (Å²) in [6.07, 6.45) is 2.08. The van der Waals surface area contributed by atoms with Gasteiger partial charge in [0.15, 0.2) is 15.1 Å². The van der Waals surface area contributed by atoms with Gasteiger partial charge in [-0.25, -0.2) is 18.1 Å². The Labute approximate surface area is 112 Å². The molecule has 1 aromatic rings. The Morgan fingerprint density at radius 2 is 2.11 bits per heavy atom. The molecule has 0 aromatic carbocycles. The van der Waals surface area contributed by atoms with Gasteiger partial charge in [-0.15, -0.1) is 0 Å². The molecular weight excluding hydrogens is 270 g/mol. The Balaban J connectivity index is 3.01. The monoisotopic (exact) mass is 289 g/mol. The molecule has 1 aromatic heterocycles. The molecule has 0 aliphatic carbocycles. The summed E-state index contributed by atoms with van der Waals surface area (Å²) in [5.41, 5.74) is 0. The van der Waals surface area contributed by atoms with Crippen LogP contribution in [0, 0.1) is 5.92 Å². The zero-order chi connectivity index (χ0) is 14.6. The summed E-state index contributed by atoms with van der Waals surface area (Å²) >= 11 is 0. The van der Waals surface area contributed by atoms with Crippen LogP contribution in [0.2, 0.25) is 0 Å². The van der Waals surface area contributed by atoms with Crippen LogP contribution in [0.25, 0.3) is 0 Å². The number of rotatable bonds is 7. The van der Waals surface area contributed by atoms with E-state index in [1.165, 1.54) is 11.0 Å². The molecule has 108 valence electrons. The molecule has 1 atom stereocenters. The molecule has 0 fully saturated rings. The number of hydrogen-bond acceptors (Lipinski definition) is 5. The van der Waals surface area contributed by atoms with E-state index in [1.807, 2.05) is 6.92 Å². The van der Waals surface area contributed by atoms with Crippen LogP contribution in [0.1, 0.15) is 33.0 Å². The highest BCUT2D eigenvalue weighted by Gasteiger charge is 2.36. The standard InChI is InChI=1S/C11H19N3O4S/c1-4-5-14-9(12-7-13-14)6-19(17,18)10(8(2)3)11(15)16/h7-8,10H,4-6H2,1-3H3,(H,15,16). The average molecular weight is 289 g/mol. The van der Waals surface area contributed by atoms with Crippen molar-refractivity contribution in [2.45, 2.75) is 44.7 Å². The van der Waals surface area contributed by atoms with Crippen LogP contribution in [0.3, 0.4) is 0 Å². The molecular formula is C11H19N3O4S. The summed E-state index contributed by atoms with van der Waals surface area (Å²) in [6, 6.07) is 0. The summed E-state index contributed by atoms with van der Waals surface area (Å²) in [6.45, 7) is 5.65. The summed E-state index contributed by atoms with van der Waals surface area (Å²) in [7, 11) is -3.81. The lowest BCUT2D eigenvalue weighted by Crippen LogP contribution is -2.36. The molecule has 1 heterocycles. The SMILES string of the molecule is CCCn1ncnc1CS(=O)(=O)C(C(=O)O)C(C)C. The number of carboxylic acids is 1. The van der Waals surface area contributed by atoms with E-state index in [2.05, 4.69) is 10.1 Å². The van der Waals surface area contributed by atoms with Gasteiger partial charge in [0.05, 0.1) is 0 Å². The second kappa shape index (κ2) is 6.14. The molecule has 0 spiro atoms. The van der Waals surface area contributed by atoms with Crippen molar-refractivity contribution in [3.63, 3.8) is 0 Å². The number of hydrogen-bond donors (Lipinski definition) is 1. The number of aliphatic carboxylic acids is 1. The molecule has 1 unspecified atom stereocenters. The zero-order valence-corrected chi connectivity index (χ0v) is 12.1. The van der Waals surface area contributed by atoms with Crippen LogP contribution < -0.4 is 0 Å². The summed E-state index contributed by atoms with van der Waals surface area (Å²) in [5.74, 6) is -1.93. The summed E-state index contributed by atoms with van der Waals surface area (Å²) in [4.78, 5) is 15.0. The van der Waals surface area contributed by atoms with E-state index in [0.717, 1.165) is 6.42 Å². The Bertz CT molecular complexity index is 536. The molecule has 0 aliphatic heterocycles. The lowest BCUT2D eigenvalue weighted by Gasteiger charge is -2.16. The summed E-state index contributed by atoms with van der Waals surface area (Å²) in [5, 5.41) is 11.6. The lowest BCUT2D eigenvalue weighted by atomic mass is 10.1. The van der Waals surface area contributed by atoms with E-state index in [4.69, 9.17) is 5.11 Å². The van der Waals surface area contributed by atoms with Gasteiger partial charge in [0, 0.05) is 6.54 Å². The minimum absolute atomic E-state index is 0.286. The summed E-state index contributed by atoms with van der Waals surface area (Å²) < 4.78 is 25.8. The predicted molar refractivity (Wildman–Crippen MR) is 69.2 cm³/mol. The molecule has 0 amide bonds. The quantitative estimate of drug-likeness (QED) is 0.793. The number of aromatic nitrogens is 3. The highest BCUT2D eigenvalue weighted by Crippen LogP contribution is 2.17. The molecule has 1 rings (SSSR count). The Hall–Kier alpha value is -1.44. The fourth-order valence-electron chi connectivity index (χ4n) is 1.92. The van der Waals surface area contributed by atoms with Crippen LogP contribution >= 0.6 is 0 Å². The van der Waals surface area contributed by atoms with Crippen molar-refractivity contribution in [1.29, 1.82) is 0 Å². The fraction of sp³-hybridized carbons (Fsp3) is 0.727. The van der Waals surface area contributed by atoms with Crippen molar-refractivity contribution >= 4 is 15.8 Å². The van der Waals surface area contributed by atoms with Crippen molar-refractivity contribution in [2.75, 3.05) is 0 Å². The molecule has 0 aliphatic rings. The first-order valence-electron chi connectivity index (χ1n) is 6.10. The van der Waals surface area contributed by atoms with Crippen molar-refractivity contribution in [3.8, 4) is 0 Å². The first kappa shape index (κ1) is 15.6. The van der Waals surface area contributed by atoms with Crippen molar-refractivity contribution in [2.24, 2.45) is 5.92 Å². The smallest absolute Gasteiger partial charge is 0.322 e. The fourth-order valence-corrected chi connectivity index (χ4v) is 3.82. The van der Waals surface area contributed by atoms with Gasteiger partial charge in [-0.2, -0.15) is 5.10 Å². The molecule has 19 heavy (non-hydrogen) atoms. The highest BCUT2D eigenvalue weighted by molar-refractivity contribution is 7.92. The van der Waals surface area contributed by atoms with Gasteiger partial charge in [0.2, 0.25) is 0 Å². The maximum absolute atomic E-state index is 12.2. The van der Waals surface area contributed by atoms with Gasteiger partial charge >= 0.3 is 5.97 Å². The first-order chi connectivity index (χ1) is 8.79. The minimum atomic E-state index is -3.81. The molecule has 0 saturated carbocycles. The number of carbonyl (C=O) groups is 1. The predicted octanol–water partition coefficient (Wildman–Crippen LogP) is 0.712. The Morgan fingerprint density at radius 1 is 1.47 bits per heavy atom. The van der Waals surface area contributed by atoms with Gasteiger partial charge < -0.3 is 5.11 Å². The molecule has 7 nitrogen and oxygen atoms in total. The van der Waals surface area contributed by atoms with Gasteiger partial charge in [-0.1, -0.05) is 20.8 Å². The third-order valence-electron chi connectivity index (χ3n) is 2.70. The van der Waals surface area contributed by atoms with E-state index >= 15 is 0 Å². The van der Waals surface area contributed by atoms with E-state index in [0.29, 0.717) is 6.54 Å². The molecule has 8 heteroatoms. The third kappa shape index (κ3) is 3.76. The Morgan fingerprint density at radius 3 is 2.58 bits per heavy atom. The van der Waals surface area contributed by atoms with Crippen molar-refractivity contribution < 1.29 is 18.3 Å². The molecule has 0 bridgehead atoms. The number of nitrogens with zero attached hydrogens (tertiary/aromatic N) is 3. The van der Waals surface area contributed by atoms with E-state index in [1.54, 1.807) is 13.8 Å². The van der Waals surface area contributed by atoms with Crippen LogP contribution in [0.15, 0.2) is 6.33 Å². The maximum Gasteiger partial charge on any atom is 0.322 e. The maximum atomic E-state index is 12.2.